The Morgan fingerprint density at radius 2 is 1.83 bits per heavy atom. The highest BCUT2D eigenvalue weighted by Gasteiger charge is 2.39. The second-order valence-electron chi connectivity index (χ2n) is 4.99. The summed E-state index contributed by atoms with van der Waals surface area (Å²) in [5, 5.41) is 2.58. The van der Waals surface area contributed by atoms with Gasteiger partial charge in [0.2, 0.25) is 0 Å². The van der Waals surface area contributed by atoms with Crippen LogP contribution in [0.25, 0.3) is 0 Å². The molecule has 0 atom stereocenters. The molecule has 1 aromatic rings. The summed E-state index contributed by atoms with van der Waals surface area (Å²) in [5.74, 6) is -0.281. The number of amides is 2. The summed E-state index contributed by atoms with van der Waals surface area (Å²) < 4.78 is 0. The van der Waals surface area contributed by atoms with Gasteiger partial charge in [0.1, 0.15) is 0 Å². The van der Waals surface area contributed by atoms with Crippen molar-refractivity contribution in [3.05, 3.63) is 35.9 Å². The van der Waals surface area contributed by atoms with E-state index in [0.717, 1.165) is 12.8 Å². The van der Waals surface area contributed by atoms with E-state index in [1.165, 1.54) is 5.56 Å². The van der Waals surface area contributed by atoms with E-state index in [4.69, 9.17) is 0 Å². The molecule has 4 nitrogen and oxygen atoms in total. The van der Waals surface area contributed by atoms with Crippen LogP contribution in [-0.2, 0) is 9.59 Å². The number of benzene rings is 1. The molecule has 1 saturated carbocycles. The molecular formula is C14H16N2O2. The Balaban J connectivity index is 1.62. The lowest BCUT2D eigenvalue weighted by atomic mass is 9.75. The average molecular weight is 244 g/mol. The summed E-state index contributed by atoms with van der Waals surface area (Å²) in [7, 11) is 0. The van der Waals surface area contributed by atoms with E-state index in [1.54, 1.807) is 4.90 Å². The van der Waals surface area contributed by atoms with Crippen LogP contribution in [0.1, 0.15) is 24.3 Å². The topological polar surface area (TPSA) is 49.4 Å². The zero-order valence-corrected chi connectivity index (χ0v) is 10.1. The Morgan fingerprint density at radius 1 is 1.11 bits per heavy atom. The van der Waals surface area contributed by atoms with Gasteiger partial charge in [-0.25, -0.2) is 0 Å². The van der Waals surface area contributed by atoms with Gasteiger partial charge in [-0.15, -0.1) is 0 Å². The zero-order chi connectivity index (χ0) is 12.5. The van der Waals surface area contributed by atoms with Crippen molar-refractivity contribution in [3.8, 4) is 0 Å². The van der Waals surface area contributed by atoms with Crippen LogP contribution in [0.4, 0.5) is 0 Å². The third-order valence-corrected chi connectivity index (χ3v) is 3.92. The summed E-state index contributed by atoms with van der Waals surface area (Å²) >= 11 is 0. The van der Waals surface area contributed by atoms with Crippen LogP contribution < -0.4 is 5.32 Å². The van der Waals surface area contributed by atoms with Gasteiger partial charge in [-0.1, -0.05) is 30.3 Å². The average Bonchev–Trinajstić information content (AvgIpc) is 2.34. The van der Waals surface area contributed by atoms with Gasteiger partial charge in [0.15, 0.2) is 0 Å². The molecule has 3 rings (SSSR count). The molecular weight excluding hydrogens is 228 g/mol. The number of carbonyl (C=O) groups excluding carboxylic acids is 2. The molecule has 1 N–H and O–H groups in total. The summed E-state index contributed by atoms with van der Waals surface area (Å²) in [6.07, 6.45) is 1.95. The number of nitrogens with zero attached hydrogens (tertiary/aromatic N) is 1. The third-order valence-electron chi connectivity index (χ3n) is 3.92. The molecule has 2 amide bonds. The fourth-order valence-electron chi connectivity index (χ4n) is 2.79. The molecule has 0 aromatic heterocycles. The summed E-state index contributed by atoms with van der Waals surface area (Å²) in [4.78, 5) is 24.7. The normalized spacial score (nSPS) is 27.7. The number of hydrogen-bond acceptors (Lipinski definition) is 2. The van der Waals surface area contributed by atoms with E-state index in [9.17, 15) is 9.59 Å². The number of hydrogen-bond donors (Lipinski definition) is 1. The summed E-state index contributed by atoms with van der Waals surface area (Å²) in [6.45, 7) is 1.23. The quantitative estimate of drug-likeness (QED) is 0.785. The Kier molecular flexibility index (Phi) is 2.78. The fourth-order valence-corrected chi connectivity index (χ4v) is 2.79. The summed E-state index contributed by atoms with van der Waals surface area (Å²) in [6, 6.07) is 10.6. The van der Waals surface area contributed by atoms with Crippen molar-refractivity contribution >= 4 is 11.8 Å². The van der Waals surface area contributed by atoms with Crippen molar-refractivity contribution in [2.75, 3.05) is 13.1 Å². The largest absolute Gasteiger partial charge is 0.346 e. The van der Waals surface area contributed by atoms with Gasteiger partial charge in [0, 0.05) is 19.1 Å². The van der Waals surface area contributed by atoms with Gasteiger partial charge in [-0.2, -0.15) is 0 Å². The number of rotatable bonds is 2. The Morgan fingerprint density at radius 3 is 2.56 bits per heavy atom. The number of carbonyl (C=O) groups is 2. The molecule has 0 bridgehead atoms. The van der Waals surface area contributed by atoms with Crippen molar-refractivity contribution in [1.29, 1.82) is 0 Å². The highest BCUT2D eigenvalue weighted by Crippen LogP contribution is 2.39. The molecule has 94 valence electrons. The maximum Gasteiger partial charge on any atom is 0.312 e. The first-order valence-electron chi connectivity index (χ1n) is 6.39. The van der Waals surface area contributed by atoms with Crippen molar-refractivity contribution < 1.29 is 9.59 Å². The summed E-state index contributed by atoms with van der Waals surface area (Å²) in [5.41, 5.74) is 1.34. The minimum absolute atomic E-state index is 0.244. The molecule has 1 aromatic carbocycles. The van der Waals surface area contributed by atoms with E-state index < -0.39 is 5.91 Å². The van der Waals surface area contributed by atoms with Gasteiger partial charge in [0.05, 0.1) is 0 Å². The van der Waals surface area contributed by atoms with E-state index in [1.807, 2.05) is 18.2 Å². The monoisotopic (exact) mass is 244 g/mol. The van der Waals surface area contributed by atoms with E-state index in [0.29, 0.717) is 19.0 Å². The molecule has 2 fully saturated rings. The second kappa shape index (κ2) is 4.44. The predicted molar refractivity (Wildman–Crippen MR) is 66.9 cm³/mol. The molecule has 0 unspecified atom stereocenters. The third kappa shape index (κ3) is 1.88. The first-order valence-corrected chi connectivity index (χ1v) is 6.39. The van der Waals surface area contributed by atoms with E-state index in [-0.39, 0.29) is 11.9 Å². The Labute approximate surface area is 106 Å². The van der Waals surface area contributed by atoms with E-state index in [2.05, 4.69) is 17.4 Å². The van der Waals surface area contributed by atoms with Crippen LogP contribution in [0.3, 0.4) is 0 Å². The van der Waals surface area contributed by atoms with Gasteiger partial charge in [0.25, 0.3) is 0 Å². The lowest BCUT2D eigenvalue weighted by Gasteiger charge is -2.44. The smallest absolute Gasteiger partial charge is 0.312 e. The maximum atomic E-state index is 11.7. The van der Waals surface area contributed by atoms with Crippen molar-refractivity contribution in [2.24, 2.45) is 0 Å². The molecule has 18 heavy (non-hydrogen) atoms. The van der Waals surface area contributed by atoms with Crippen molar-refractivity contribution in [3.63, 3.8) is 0 Å². The van der Waals surface area contributed by atoms with Gasteiger partial charge in [-0.05, 0) is 24.3 Å². The second-order valence-corrected chi connectivity index (χ2v) is 4.99. The SMILES string of the molecule is O=C1NCCN(C2CC(c3ccccc3)C2)C1=O. The molecule has 2 aliphatic rings. The molecule has 0 spiro atoms. The van der Waals surface area contributed by atoms with Crippen LogP contribution in [0.15, 0.2) is 30.3 Å². The van der Waals surface area contributed by atoms with Crippen LogP contribution >= 0.6 is 0 Å². The van der Waals surface area contributed by atoms with Crippen LogP contribution in [0.2, 0.25) is 0 Å². The Bertz CT molecular complexity index is 466. The van der Waals surface area contributed by atoms with Crippen LogP contribution in [0.5, 0.6) is 0 Å². The fraction of sp³-hybridized carbons (Fsp3) is 0.429. The van der Waals surface area contributed by atoms with Crippen LogP contribution in [0, 0.1) is 0 Å². The van der Waals surface area contributed by atoms with Gasteiger partial charge < -0.3 is 10.2 Å². The number of piperazine rings is 1. The lowest BCUT2D eigenvalue weighted by Crippen LogP contribution is -2.58. The highest BCUT2D eigenvalue weighted by atomic mass is 16.2. The van der Waals surface area contributed by atoms with Crippen molar-refractivity contribution in [1.82, 2.24) is 10.2 Å². The highest BCUT2D eigenvalue weighted by molar-refractivity contribution is 6.35. The minimum atomic E-state index is -0.454. The maximum absolute atomic E-state index is 11.7. The molecule has 4 heteroatoms. The standard InChI is InChI=1S/C14H16N2O2/c17-13-14(18)16(7-6-15-13)12-8-11(9-12)10-4-2-1-3-5-10/h1-5,11-12H,6-9H2,(H,15,17). The van der Waals surface area contributed by atoms with E-state index >= 15 is 0 Å². The molecule has 1 heterocycles. The molecule has 1 saturated heterocycles. The molecule has 1 aliphatic carbocycles. The van der Waals surface area contributed by atoms with Crippen molar-refractivity contribution in [2.45, 2.75) is 24.8 Å². The zero-order valence-electron chi connectivity index (χ0n) is 10.1. The first kappa shape index (κ1) is 11.3. The molecule has 0 radical (unpaired) electrons. The Hall–Kier alpha value is -1.84. The number of nitrogens with one attached hydrogen (secondary N) is 1. The van der Waals surface area contributed by atoms with Crippen LogP contribution in [-0.4, -0.2) is 35.8 Å². The lowest BCUT2D eigenvalue weighted by molar-refractivity contribution is -0.151. The minimum Gasteiger partial charge on any atom is -0.346 e. The molecule has 1 aliphatic heterocycles. The first-order chi connectivity index (χ1) is 8.75. The van der Waals surface area contributed by atoms with Gasteiger partial charge >= 0.3 is 11.8 Å². The predicted octanol–water partition coefficient (Wildman–Crippen LogP) is 0.891. The van der Waals surface area contributed by atoms with Gasteiger partial charge in [-0.3, -0.25) is 9.59 Å².